The predicted molar refractivity (Wildman–Crippen MR) is 89.2 cm³/mol. The first-order chi connectivity index (χ1) is 12.4. The standard InChI is InChI=1S/C19H14F3N3O/c20-19(21,22)14-5-6-16(24-12-14)15(11-23)18(26)8-10-25-9-7-13-3-1-2-4-17(13)25/h1-7,9,12,15H,8,10H2. The van der Waals surface area contributed by atoms with Crippen LogP contribution < -0.4 is 0 Å². The van der Waals surface area contributed by atoms with Crippen LogP contribution >= 0.6 is 0 Å². The number of hydrogen-bond acceptors (Lipinski definition) is 3. The summed E-state index contributed by atoms with van der Waals surface area (Å²) in [5, 5.41) is 10.3. The van der Waals surface area contributed by atoms with Gasteiger partial charge in [-0.25, -0.2) is 0 Å². The number of fused-ring (bicyclic) bond motifs is 1. The Morgan fingerprint density at radius 3 is 2.62 bits per heavy atom. The molecule has 1 aromatic carbocycles. The largest absolute Gasteiger partial charge is 0.417 e. The highest BCUT2D eigenvalue weighted by Gasteiger charge is 2.31. The number of carbonyl (C=O) groups is 1. The molecule has 0 N–H and O–H groups in total. The minimum Gasteiger partial charge on any atom is -0.347 e. The highest BCUT2D eigenvalue weighted by atomic mass is 19.4. The number of Topliss-reactive ketones (excluding diaryl/α,β-unsaturated/α-hetero) is 1. The summed E-state index contributed by atoms with van der Waals surface area (Å²) in [4.78, 5) is 16.1. The monoisotopic (exact) mass is 357 g/mol. The molecule has 132 valence electrons. The van der Waals surface area contributed by atoms with Gasteiger partial charge in [0, 0.05) is 30.9 Å². The number of nitrogens with zero attached hydrogens (tertiary/aromatic N) is 3. The van der Waals surface area contributed by atoms with Gasteiger partial charge in [0.2, 0.25) is 0 Å². The fourth-order valence-electron chi connectivity index (χ4n) is 2.76. The Kier molecular flexibility index (Phi) is 4.76. The number of ketones is 1. The van der Waals surface area contributed by atoms with Gasteiger partial charge in [0.1, 0.15) is 5.92 Å². The van der Waals surface area contributed by atoms with Gasteiger partial charge < -0.3 is 4.57 Å². The molecule has 0 aliphatic rings. The molecule has 0 spiro atoms. The zero-order valence-corrected chi connectivity index (χ0v) is 13.6. The molecular formula is C19H14F3N3O. The lowest BCUT2D eigenvalue weighted by molar-refractivity contribution is -0.137. The number of para-hydroxylation sites is 1. The van der Waals surface area contributed by atoms with Gasteiger partial charge in [0.05, 0.1) is 17.3 Å². The van der Waals surface area contributed by atoms with E-state index >= 15 is 0 Å². The summed E-state index contributed by atoms with van der Waals surface area (Å²) in [6, 6.07) is 13.4. The third-order valence-corrected chi connectivity index (χ3v) is 4.14. The SMILES string of the molecule is N#CC(C(=O)CCn1ccc2ccccc21)c1ccc(C(F)(F)F)cn1. The van der Waals surface area contributed by atoms with Crippen molar-refractivity contribution < 1.29 is 18.0 Å². The van der Waals surface area contributed by atoms with E-state index in [2.05, 4.69) is 4.98 Å². The van der Waals surface area contributed by atoms with E-state index in [1.807, 2.05) is 47.2 Å². The molecule has 26 heavy (non-hydrogen) atoms. The van der Waals surface area contributed by atoms with Crippen molar-refractivity contribution in [3.05, 3.63) is 66.1 Å². The number of alkyl halides is 3. The van der Waals surface area contributed by atoms with Gasteiger partial charge in [-0.2, -0.15) is 18.4 Å². The quantitative estimate of drug-likeness (QED) is 0.683. The number of aryl methyl sites for hydroxylation is 1. The highest BCUT2D eigenvalue weighted by Crippen LogP contribution is 2.29. The van der Waals surface area contributed by atoms with Gasteiger partial charge in [-0.05, 0) is 29.7 Å². The maximum absolute atomic E-state index is 12.6. The van der Waals surface area contributed by atoms with Crippen molar-refractivity contribution in [3.8, 4) is 6.07 Å². The molecule has 3 aromatic rings. The molecule has 2 heterocycles. The van der Waals surface area contributed by atoms with E-state index in [1.165, 1.54) is 0 Å². The summed E-state index contributed by atoms with van der Waals surface area (Å²) in [6.07, 6.45) is -1.92. The van der Waals surface area contributed by atoms with Crippen LogP contribution in [0.2, 0.25) is 0 Å². The second kappa shape index (κ2) is 7.00. The van der Waals surface area contributed by atoms with E-state index in [0.29, 0.717) is 12.7 Å². The smallest absolute Gasteiger partial charge is 0.347 e. The van der Waals surface area contributed by atoms with Gasteiger partial charge in [-0.1, -0.05) is 18.2 Å². The number of pyridine rings is 1. The molecule has 0 aliphatic carbocycles. The van der Waals surface area contributed by atoms with Gasteiger partial charge in [0.25, 0.3) is 0 Å². The molecule has 0 radical (unpaired) electrons. The van der Waals surface area contributed by atoms with Crippen LogP contribution in [0.4, 0.5) is 13.2 Å². The van der Waals surface area contributed by atoms with Crippen molar-refractivity contribution >= 4 is 16.7 Å². The predicted octanol–water partition coefficient (Wildman–Crippen LogP) is 4.32. The Morgan fingerprint density at radius 1 is 1.19 bits per heavy atom. The third-order valence-electron chi connectivity index (χ3n) is 4.14. The van der Waals surface area contributed by atoms with Gasteiger partial charge in [-0.3, -0.25) is 9.78 Å². The molecule has 0 saturated heterocycles. The van der Waals surface area contributed by atoms with Crippen molar-refractivity contribution in [3.63, 3.8) is 0 Å². The van der Waals surface area contributed by atoms with Crippen molar-refractivity contribution in [2.45, 2.75) is 25.1 Å². The minimum atomic E-state index is -4.51. The Bertz CT molecular complexity index is 968. The Hall–Kier alpha value is -3.14. The lowest BCUT2D eigenvalue weighted by atomic mass is 9.98. The summed E-state index contributed by atoms with van der Waals surface area (Å²) in [5.41, 5.74) is 0.0912. The van der Waals surface area contributed by atoms with Crippen molar-refractivity contribution in [2.75, 3.05) is 0 Å². The van der Waals surface area contributed by atoms with Crippen LogP contribution in [0.5, 0.6) is 0 Å². The number of benzene rings is 1. The molecule has 4 nitrogen and oxygen atoms in total. The van der Waals surface area contributed by atoms with Crippen LogP contribution in [0.1, 0.15) is 23.6 Å². The molecule has 1 unspecified atom stereocenters. The van der Waals surface area contributed by atoms with Crippen LogP contribution in [0.25, 0.3) is 10.9 Å². The van der Waals surface area contributed by atoms with Crippen molar-refractivity contribution in [2.24, 2.45) is 0 Å². The average molecular weight is 357 g/mol. The highest BCUT2D eigenvalue weighted by molar-refractivity contribution is 5.88. The van der Waals surface area contributed by atoms with E-state index in [9.17, 15) is 23.2 Å². The zero-order chi connectivity index (χ0) is 18.7. The summed E-state index contributed by atoms with van der Waals surface area (Å²) >= 11 is 0. The van der Waals surface area contributed by atoms with Crippen LogP contribution in [0.3, 0.4) is 0 Å². The van der Waals surface area contributed by atoms with Crippen molar-refractivity contribution in [1.29, 1.82) is 5.26 Å². The van der Waals surface area contributed by atoms with E-state index in [4.69, 9.17) is 0 Å². The molecular weight excluding hydrogens is 343 g/mol. The molecule has 0 bridgehead atoms. The normalized spacial score (nSPS) is 12.7. The summed E-state index contributed by atoms with van der Waals surface area (Å²) < 4.78 is 39.7. The van der Waals surface area contributed by atoms with E-state index in [-0.39, 0.29) is 17.9 Å². The van der Waals surface area contributed by atoms with Crippen molar-refractivity contribution in [1.82, 2.24) is 9.55 Å². The summed E-state index contributed by atoms with van der Waals surface area (Å²) in [6.45, 7) is 0.380. The lowest BCUT2D eigenvalue weighted by Gasteiger charge is -2.11. The van der Waals surface area contributed by atoms with E-state index in [0.717, 1.165) is 23.0 Å². The number of rotatable bonds is 5. The fraction of sp³-hybridized carbons (Fsp3) is 0.211. The number of aromatic nitrogens is 2. The molecule has 1 atom stereocenters. The maximum atomic E-state index is 12.6. The Morgan fingerprint density at radius 2 is 1.96 bits per heavy atom. The van der Waals surface area contributed by atoms with E-state index in [1.54, 1.807) is 0 Å². The molecule has 0 amide bonds. The van der Waals surface area contributed by atoms with Crippen LogP contribution in [0, 0.1) is 11.3 Å². The van der Waals surface area contributed by atoms with E-state index < -0.39 is 17.7 Å². The Balaban J connectivity index is 1.72. The molecule has 7 heteroatoms. The summed E-state index contributed by atoms with van der Waals surface area (Å²) in [5.74, 6) is -1.56. The van der Waals surface area contributed by atoms with Crippen LogP contribution in [-0.2, 0) is 17.5 Å². The van der Waals surface area contributed by atoms with Crippen LogP contribution in [-0.4, -0.2) is 15.3 Å². The molecule has 2 aromatic heterocycles. The fourth-order valence-corrected chi connectivity index (χ4v) is 2.76. The number of nitriles is 1. The first kappa shape index (κ1) is 17.7. The zero-order valence-electron chi connectivity index (χ0n) is 13.6. The minimum absolute atomic E-state index is 0.0304. The maximum Gasteiger partial charge on any atom is 0.417 e. The second-order valence-electron chi connectivity index (χ2n) is 5.82. The molecule has 0 fully saturated rings. The second-order valence-corrected chi connectivity index (χ2v) is 5.82. The first-order valence-electron chi connectivity index (χ1n) is 7.89. The topological polar surface area (TPSA) is 58.7 Å². The summed E-state index contributed by atoms with van der Waals surface area (Å²) in [7, 11) is 0. The number of halogens is 3. The Labute approximate surface area is 147 Å². The van der Waals surface area contributed by atoms with Gasteiger partial charge >= 0.3 is 6.18 Å². The molecule has 0 aliphatic heterocycles. The van der Waals surface area contributed by atoms with Crippen LogP contribution in [0.15, 0.2) is 54.9 Å². The van der Waals surface area contributed by atoms with Gasteiger partial charge in [-0.15, -0.1) is 0 Å². The first-order valence-corrected chi connectivity index (χ1v) is 7.89. The number of hydrogen-bond donors (Lipinski definition) is 0. The number of carbonyl (C=O) groups excluding carboxylic acids is 1. The molecule has 3 rings (SSSR count). The third kappa shape index (κ3) is 3.59. The average Bonchev–Trinajstić information content (AvgIpc) is 3.03. The lowest BCUT2D eigenvalue weighted by Crippen LogP contribution is -2.15. The molecule has 0 saturated carbocycles. The van der Waals surface area contributed by atoms with Gasteiger partial charge in [0.15, 0.2) is 5.78 Å².